The predicted molar refractivity (Wildman–Crippen MR) is 241 cm³/mol. The summed E-state index contributed by atoms with van der Waals surface area (Å²) in [5, 5.41) is 5.02. The van der Waals surface area contributed by atoms with Gasteiger partial charge in [0.2, 0.25) is 0 Å². The Morgan fingerprint density at radius 3 is 1.49 bits per heavy atom. The number of nitrogens with zero attached hydrogens (tertiary/aromatic N) is 3. The molecule has 0 aromatic heterocycles. The molecule has 4 fully saturated rings. The molecule has 2 unspecified atom stereocenters. The van der Waals surface area contributed by atoms with Gasteiger partial charge in [-0.3, -0.25) is 9.80 Å². The van der Waals surface area contributed by atoms with Crippen molar-refractivity contribution in [1.29, 1.82) is 0 Å². The Bertz CT molecular complexity index is 1550. The Labute approximate surface area is 368 Å². The third-order valence-electron chi connectivity index (χ3n) is 12.4. The Balaban J connectivity index is 0.000000255. The van der Waals surface area contributed by atoms with Crippen LogP contribution in [0, 0.1) is 0 Å². The van der Waals surface area contributed by atoms with E-state index in [1.165, 1.54) is 24.0 Å². The number of nitrogens with one attached hydrogen (secondary N) is 1. The summed E-state index contributed by atoms with van der Waals surface area (Å²) in [4.78, 5) is 19.6. The van der Waals surface area contributed by atoms with Gasteiger partial charge in [0, 0.05) is 76.0 Å². The molecule has 4 aliphatic rings. The molecule has 12 heteroatoms. The smallest absolute Gasteiger partial charge is 0.410 e. The molecule has 4 aliphatic heterocycles. The number of benzene rings is 2. The molecule has 6 rings (SSSR count). The van der Waals surface area contributed by atoms with Crippen molar-refractivity contribution in [1.82, 2.24) is 20.0 Å². The Morgan fingerprint density at radius 1 is 0.729 bits per heavy atom. The van der Waals surface area contributed by atoms with Crippen LogP contribution in [0.5, 0.6) is 0 Å². The van der Waals surface area contributed by atoms with Gasteiger partial charge < -0.3 is 33.9 Å². The molecule has 0 radical (unpaired) electrons. The highest BCUT2D eigenvalue weighted by atomic mass is 35.5. The zero-order valence-electron chi connectivity index (χ0n) is 38.7. The standard InChI is InChI=1S/C25H39ClN2O4.C20H31ClN2O2.C2H6/c1-24(2,3)32-23(29)27-13-11-20(12-14-27)28-16-22(25(4,5)30-6)31-17-21(28)15-18-7-9-19(26)10-8-18;1-20(2,24-3)19-13-23(17-8-10-22-11-9-17)18(14-25-19)12-15-4-6-16(21)7-5-15;1-2/h7-10,20-22H,11-17H2,1-6H3;4-7,17-19,22H,8-14H2,1-3H3;1-2H3/t21?,22-;18?,19-;/m11./s1/i;;1D. The fourth-order valence-corrected chi connectivity index (χ4v) is 8.67. The monoisotopic (exact) mass is 864 g/mol. The van der Waals surface area contributed by atoms with Crippen LogP contribution in [0.4, 0.5) is 4.79 Å². The average molecular weight is 865 g/mol. The van der Waals surface area contributed by atoms with E-state index in [0.717, 1.165) is 68.5 Å². The summed E-state index contributed by atoms with van der Waals surface area (Å²) in [6.45, 7) is 23.2. The Kier molecular flexibility index (Phi) is 18.7. The van der Waals surface area contributed by atoms with Gasteiger partial charge in [-0.1, -0.05) is 61.3 Å². The lowest BCUT2D eigenvalue weighted by Gasteiger charge is -2.49. The summed E-state index contributed by atoms with van der Waals surface area (Å²) in [6.07, 6.45) is 6.06. The van der Waals surface area contributed by atoms with Crippen molar-refractivity contribution in [3.05, 3.63) is 69.7 Å². The minimum absolute atomic E-state index is 0.00199. The van der Waals surface area contributed by atoms with Crippen LogP contribution in [0.1, 0.15) is 100 Å². The molecule has 1 N–H and O–H groups in total. The number of amides is 1. The van der Waals surface area contributed by atoms with Crippen LogP contribution in [-0.4, -0.2) is 141 Å². The number of carbonyl (C=O) groups excluding carboxylic acids is 1. The first-order valence-corrected chi connectivity index (χ1v) is 22.5. The number of carbonyl (C=O) groups is 1. The Hall–Kier alpha value is -1.99. The number of rotatable bonds is 10. The van der Waals surface area contributed by atoms with Crippen molar-refractivity contribution in [3.8, 4) is 0 Å². The number of likely N-dealkylation sites (tertiary alicyclic amines) is 1. The lowest BCUT2D eigenvalue weighted by molar-refractivity contribution is -0.166. The highest BCUT2D eigenvalue weighted by Crippen LogP contribution is 2.31. The summed E-state index contributed by atoms with van der Waals surface area (Å²) in [7, 11) is 3.52. The summed E-state index contributed by atoms with van der Waals surface area (Å²) >= 11 is 12.1. The van der Waals surface area contributed by atoms with Gasteiger partial charge in [0.15, 0.2) is 0 Å². The maximum atomic E-state index is 12.5. The van der Waals surface area contributed by atoms with E-state index < -0.39 is 5.60 Å². The Morgan fingerprint density at radius 2 is 1.12 bits per heavy atom. The third-order valence-corrected chi connectivity index (χ3v) is 12.9. The van der Waals surface area contributed by atoms with Crippen molar-refractivity contribution in [3.63, 3.8) is 0 Å². The molecular formula is C47H76Cl2N4O6. The second kappa shape index (κ2) is 22.9. The van der Waals surface area contributed by atoms with Crippen molar-refractivity contribution < 1.29 is 29.8 Å². The van der Waals surface area contributed by atoms with E-state index in [1.54, 1.807) is 21.1 Å². The molecule has 4 heterocycles. The average Bonchev–Trinajstić information content (AvgIpc) is 3.23. The summed E-state index contributed by atoms with van der Waals surface area (Å²) in [5.74, 6) is 0. The zero-order chi connectivity index (χ0) is 44.1. The van der Waals surface area contributed by atoms with Crippen LogP contribution >= 0.6 is 23.2 Å². The second-order valence-electron chi connectivity index (χ2n) is 18.3. The summed E-state index contributed by atoms with van der Waals surface area (Å²) in [5.41, 5.74) is 1.47. The number of hydrogen-bond acceptors (Lipinski definition) is 9. The molecule has 0 bridgehead atoms. The highest BCUT2D eigenvalue weighted by molar-refractivity contribution is 6.30. The van der Waals surface area contributed by atoms with E-state index in [1.807, 2.05) is 49.9 Å². The van der Waals surface area contributed by atoms with Crippen molar-refractivity contribution in [2.45, 2.75) is 154 Å². The number of hydrogen-bond donors (Lipinski definition) is 1. The number of ether oxygens (including phenoxy) is 5. The van der Waals surface area contributed by atoms with E-state index in [-0.39, 0.29) is 35.5 Å². The van der Waals surface area contributed by atoms with E-state index in [0.29, 0.717) is 44.7 Å². The fourth-order valence-electron chi connectivity index (χ4n) is 8.41. The zero-order valence-corrected chi connectivity index (χ0v) is 39.2. The van der Waals surface area contributed by atoms with Gasteiger partial charge in [0.05, 0.1) is 36.6 Å². The van der Waals surface area contributed by atoms with Gasteiger partial charge in [-0.05, 0) is 135 Å². The van der Waals surface area contributed by atoms with E-state index in [4.69, 9.17) is 48.3 Å². The normalized spacial score (nSPS) is 24.6. The lowest BCUT2D eigenvalue weighted by atomic mass is 9.92. The molecule has 0 saturated carbocycles. The molecule has 1 amide bonds. The highest BCUT2D eigenvalue weighted by Gasteiger charge is 2.43. The van der Waals surface area contributed by atoms with Crippen LogP contribution in [0.15, 0.2) is 48.5 Å². The van der Waals surface area contributed by atoms with Gasteiger partial charge in [0.1, 0.15) is 5.60 Å². The van der Waals surface area contributed by atoms with E-state index in [9.17, 15) is 4.79 Å². The molecule has 4 atom stereocenters. The maximum absolute atomic E-state index is 12.5. The second-order valence-corrected chi connectivity index (χ2v) is 19.2. The van der Waals surface area contributed by atoms with Crippen LogP contribution in [-0.2, 0) is 36.5 Å². The van der Waals surface area contributed by atoms with E-state index >= 15 is 0 Å². The maximum Gasteiger partial charge on any atom is 0.410 e. The van der Waals surface area contributed by atoms with Crippen LogP contribution in [0.2, 0.25) is 10.0 Å². The van der Waals surface area contributed by atoms with Gasteiger partial charge in [-0.25, -0.2) is 4.79 Å². The minimum Gasteiger partial charge on any atom is -0.444 e. The van der Waals surface area contributed by atoms with Crippen LogP contribution < -0.4 is 5.32 Å². The molecule has 0 aliphatic carbocycles. The minimum atomic E-state index is -0.471. The number of piperidine rings is 2. The van der Waals surface area contributed by atoms with Crippen molar-refractivity contribution >= 4 is 29.3 Å². The molecule has 10 nitrogen and oxygen atoms in total. The topological polar surface area (TPSA) is 85.0 Å². The van der Waals surface area contributed by atoms with Crippen molar-refractivity contribution in [2.75, 3.05) is 66.7 Å². The van der Waals surface area contributed by atoms with E-state index in [2.05, 4.69) is 67.1 Å². The van der Waals surface area contributed by atoms with Crippen molar-refractivity contribution in [2.24, 2.45) is 0 Å². The molecule has 59 heavy (non-hydrogen) atoms. The lowest BCUT2D eigenvalue weighted by Crippen LogP contribution is -2.61. The number of morpholine rings is 2. The molecular weight excluding hydrogens is 787 g/mol. The first-order valence-electron chi connectivity index (χ1n) is 22.4. The molecule has 2 aromatic carbocycles. The summed E-state index contributed by atoms with van der Waals surface area (Å²) < 4.78 is 35.8. The molecule has 334 valence electrons. The molecule has 0 spiro atoms. The van der Waals surface area contributed by atoms with Gasteiger partial charge in [-0.2, -0.15) is 0 Å². The largest absolute Gasteiger partial charge is 0.444 e. The van der Waals surface area contributed by atoms with Gasteiger partial charge >= 0.3 is 6.09 Å². The van der Waals surface area contributed by atoms with Crippen LogP contribution in [0.25, 0.3) is 0 Å². The SMILES string of the molecule is COC(C)(C)[C@H]1CN(C2CCN(C(=O)OC(C)(C)C)CC2)C(Cc2ccc(Cl)cc2)CO1.COC(C)(C)[C@H]1CN(C2CCNCC2)C(Cc2ccc(Cl)cc2)CO1.[2H]CC. The van der Waals surface area contributed by atoms with Crippen LogP contribution in [0.3, 0.4) is 0 Å². The van der Waals surface area contributed by atoms with Gasteiger partial charge in [0.25, 0.3) is 0 Å². The first kappa shape index (κ1) is 48.0. The van der Waals surface area contributed by atoms with Gasteiger partial charge in [-0.15, -0.1) is 0 Å². The quantitative estimate of drug-likeness (QED) is 0.252. The predicted octanol–water partition coefficient (Wildman–Crippen LogP) is 8.93. The number of methoxy groups -OCH3 is 2. The summed E-state index contributed by atoms with van der Waals surface area (Å²) in [6, 6.07) is 18.0. The fraction of sp³-hybridized carbons (Fsp3) is 0.723. The molecule has 2 aromatic rings. The number of halogens is 2. The molecule has 4 saturated heterocycles. The first-order chi connectivity index (χ1) is 28.4. The third kappa shape index (κ3) is 14.8.